The number of hydrogen-bond acceptors (Lipinski definition) is 2. The third kappa shape index (κ3) is 21.4. The third-order valence-corrected chi connectivity index (χ3v) is 5.13. The molecular formula is C24H45O2. The van der Waals surface area contributed by atoms with Gasteiger partial charge in [0, 0.05) is 0 Å². The molecule has 0 heterocycles. The van der Waals surface area contributed by atoms with Crippen molar-refractivity contribution in [2.45, 2.75) is 135 Å². The van der Waals surface area contributed by atoms with Crippen LogP contribution in [0, 0.1) is 0 Å². The van der Waals surface area contributed by atoms with Crippen molar-refractivity contribution in [3.05, 3.63) is 12.2 Å². The molecule has 0 aromatic carbocycles. The molecule has 153 valence electrons. The van der Waals surface area contributed by atoms with Gasteiger partial charge in [0.15, 0.2) is 0 Å². The Balaban J connectivity index is 3.08. The molecule has 0 aromatic heterocycles. The van der Waals surface area contributed by atoms with Crippen LogP contribution < -0.4 is 0 Å². The maximum absolute atomic E-state index is 10.2. The Labute approximate surface area is 163 Å². The van der Waals surface area contributed by atoms with E-state index in [1.165, 1.54) is 103 Å². The Morgan fingerprint density at radius 3 is 1.46 bits per heavy atom. The summed E-state index contributed by atoms with van der Waals surface area (Å²) in [6, 6.07) is 0. The molecule has 0 aliphatic rings. The first-order chi connectivity index (χ1) is 12.8. The molecule has 0 aliphatic carbocycles. The molecule has 1 N–H and O–H groups in total. The van der Waals surface area contributed by atoms with E-state index in [4.69, 9.17) is 5.11 Å². The minimum Gasteiger partial charge on any atom is -0.385 e. The van der Waals surface area contributed by atoms with E-state index in [-0.39, 0.29) is 0 Å². The van der Waals surface area contributed by atoms with Gasteiger partial charge in [-0.3, -0.25) is 4.79 Å². The van der Waals surface area contributed by atoms with Crippen molar-refractivity contribution in [2.24, 2.45) is 0 Å². The van der Waals surface area contributed by atoms with Gasteiger partial charge < -0.3 is 5.11 Å². The highest BCUT2D eigenvalue weighted by Gasteiger charge is 2.01. The fourth-order valence-electron chi connectivity index (χ4n) is 3.35. The number of hydrogen-bond donors (Lipinski definition) is 1. The summed E-state index contributed by atoms with van der Waals surface area (Å²) in [5.41, 5.74) is 0. The first-order valence-corrected chi connectivity index (χ1v) is 11.5. The maximum Gasteiger partial charge on any atom is 0.229 e. The standard InChI is InChI=1S/C24H45O2/c1-2-3-4-5-6-7-8-9-10-11-12-13-14-15-16-17-18-19-20-21-22-24(26)23-25/h9-10,24,26H,2-8,11-22H2,1H3. The average molecular weight is 366 g/mol. The minimum absolute atomic E-state index is 0.580. The van der Waals surface area contributed by atoms with Gasteiger partial charge in [-0.05, 0) is 32.1 Å². The average Bonchev–Trinajstić information content (AvgIpc) is 2.66. The van der Waals surface area contributed by atoms with Crippen LogP contribution in [-0.2, 0) is 4.79 Å². The summed E-state index contributed by atoms with van der Waals surface area (Å²) >= 11 is 0. The molecule has 0 spiro atoms. The van der Waals surface area contributed by atoms with Crippen molar-refractivity contribution in [3.63, 3.8) is 0 Å². The molecule has 0 fully saturated rings. The summed E-state index contributed by atoms with van der Waals surface area (Å²) in [4.78, 5) is 10.2. The number of carbonyl (C=O) groups excluding carboxylic acids is 1. The van der Waals surface area contributed by atoms with E-state index < -0.39 is 6.10 Å². The van der Waals surface area contributed by atoms with Gasteiger partial charge in [-0.25, -0.2) is 0 Å². The van der Waals surface area contributed by atoms with Crippen LogP contribution >= 0.6 is 0 Å². The summed E-state index contributed by atoms with van der Waals surface area (Å²) in [5, 5.41) is 9.08. The summed E-state index contributed by atoms with van der Waals surface area (Å²) in [7, 11) is 0. The lowest BCUT2D eigenvalue weighted by molar-refractivity contribution is 0.219. The molecule has 0 saturated carbocycles. The zero-order chi connectivity index (χ0) is 19.1. The number of aliphatic hydroxyl groups is 1. The summed E-state index contributed by atoms with van der Waals surface area (Å²) in [6.07, 6.45) is 29.8. The zero-order valence-electron chi connectivity index (χ0n) is 17.5. The molecule has 26 heavy (non-hydrogen) atoms. The van der Waals surface area contributed by atoms with E-state index in [1.54, 1.807) is 6.29 Å². The molecule has 0 bridgehead atoms. The fourth-order valence-corrected chi connectivity index (χ4v) is 3.35. The van der Waals surface area contributed by atoms with Crippen molar-refractivity contribution >= 4 is 6.29 Å². The Hall–Kier alpha value is -0.630. The Kier molecular flexibility index (Phi) is 21.9. The van der Waals surface area contributed by atoms with Crippen LogP contribution in [0.4, 0.5) is 0 Å². The van der Waals surface area contributed by atoms with Gasteiger partial charge in [-0.1, -0.05) is 109 Å². The van der Waals surface area contributed by atoms with Gasteiger partial charge >= 0.3 is 0 Å². The highest BCUT2D eigenvalue weighted by Crippen LogP contribution is 2.13. The molecule has 0 amide bonds. The molecule has 1 atom stereocenters. The van der Waals surface area contributed by atoms with Crippen LogP contribution in [0.3, 0.4) is 0 Å². The van der Waals surface area contributed by atoms with Crippen LogP contribution in [0.5, 0.6) is 0 Å². The quantitative estimate of drug-likeness (QED) is 0.169. The van der Waals surface area contributed by atoms with Gasteiger partial charge in [0.25, 0.3) is 0 Å². The molecule has 2 nitrogen and oxygen atoms in total. The van der Waals surface area contributed by atoms with Gasteiger partial charge in [-0.15, -0.1) is 0 Å². The van der Waals surface area contributed by atoms with Gasteiger partial charge in [0.1, 0.15) is 6.10 Å². The highest BCUT2D eigenvalue weighted by atomic mass is 16.3. The van der Waals surface area contributed by atoms with E-state index in [1.807, 2.05) is 0 Å². The van der Waals surface area contributed by atoms with E-state index in [2.05, 4.69) is 19.1 Å². The van der Waals surface area contributed by atoms with Crippen molar-refractivity contribution < 1.29 is 9.90 Å². The Bertz CT molecular complexity index is 299. The monoisotopic (exact) mass is 365 g/mol. The molecule has 1 radical (unpaired) electrons. The first kappa shape index (κ1) is 25.4. The Morgan fingerprint density at radius 1 is 0.654 bits per heavy atom. The van der Waals surface area contributed by atoms with Gasteiger partial charge in [-0.2, -0.15) is 0 Å². The second-order valence-electron chi connectivity index (χ2n) is 7.77. The molecule has 1 unspecified atom stereocenters. The normalized spacial score (nSPS) is 12.7. The van der Waals surface area contributed by atoms with Crippen molar-refractivity contribution in [1.29, 1.82) is 0 Å². The fraction of sp³-hybridized carbons (Fsp3) is 0.875. The van der Waals surface area contributed by atoms with Crippen molar-refractivity contribution in [2.75, 3.05) is 0 Å². The van der Waals surface area contributed by atoms with E-state index in [0.717, 1.165) is 12.8 Å². The molecule has 0 aliphatic heterocycles. The molecule has 2 heteroatoms. The summed E-state index contributed by atoms with van der Waals surface area (Å²) < 4.78 is 0. The molecule has 0 aromatic rings. The van der Waals surface area contributed by atoms with Gasteiger partial charge in [0.2, 0.25) is 6.29 Å². The third-order valence-electron chi connectivity index (χ3n) is 5.13. The zero-order valence-corrected chi connectivity index (χ0v) is 17.5. The van der Waals surface area contributed by atoms with E-state index in [9.17, 15) is 4.79 Å². The Morgan fingerprint density at radius 2 is 1.04 bits per heavy atom. The predicted octanol–water partition coefficient (Wildman–Crippen LogP) is 7.45. The van der Waals surface area contributed by atoms with E-state index in [0.29, 0.717) is 6.42 Å². The summed E-state index contributed by atoms with van der Waals surface area (Å²) in [5.74, 6) is 0. The molecule has 0 saturated heterocycles. The lowest BCUT2D eigenvalue weighted by atomic mass is 10.0. The van der Waals surface area contributed by atoms with Crippen molar-refractivity contribution in [3.8, 4) is 0 Å². The van der Waals surface area contributed by atoms with E-state index >= 15 is 0 Å². The largest absolute Gasteiger partial charge is 0.385 e. The minimum atomic E-state index is -0.861. The highest BCUT2D eigenvalue weighted by molar-refractivity contribution is 5.56. The number of rotatable bonds is 21. The van der Waals surface area contributed by atoms with Crippen LogP contribution in [0.1, 0.15) is 129 Å². The summed E-state index contributed by atoms with van der Waals surface area (Å²) in [6.45, 7) is 2.27. The predicted molar refractivity (Wildman–Crippen MR) is 114 cm³/mol. The van der Waals surface area contributed by atoms with Gasteiger partial charge in [0.05, 0.1) is 0 Å². The van der Waals surface area contributed by atoms with Crippen LogP contribution in [0.25, 0.3) is 0 Å². The topological polar surface area (TPSA) is 37.3 Å². The SMILES string of the molecule is CCCCCCCCC=CCCCCCCCCCCCCC(O)[C]=O. The first-order valence-electron chi connectivity index (χ1n) is 11.5. The maximum atomic E-state index is 10.2. The number of aliphatic hydroxyl groups excluding tert-OH is 1. The van der Waals surface area contributed by atoms with Crippen LogP contribution in [0.15, 0.2) is 12.2 Å². The van der Waals surface area contributed by atoms with Crippen LogP contribution in [0.2, 0.25) is 0 Å². The number of unbranched alkanes of at least 4 members (excludes halogenated alkanes) is 16. The van der Waals surface area contributed by atoms with Crippen molar-refractivity contribution in [1.82, 2.24) is 0 Å². The molecule has 0 rings (SSSR count). The lowest BCUT2D eigenvalue weighted by Gasteiger charge is -2.03. The smallest absolute Gasteiger partial charge is 0.229 e. The van der Waals surface area contributed by atoms with Crippen LogP contribution in [-0.4, -0.2) is 17.5 Å². The molecular weight excluding hydrogens is 320 g/mol. The second kappa shape index (κ2) is 22.4. The lowest BCUT2D eigenvalue weighted by Crippen LogP contribution is -2.06. The number of allylic oxidation sites excluding steroid dienone is 2. The second-order valence-corrected chi connectivity index (χ2v) is 7.77.